The molecule has 0 N–H and O–H groups in total. The van der Waals surface area contributed by atoms with Crippen molar-refractivity contribution in [3.05, 3.63) is 29.3 Å². The Kier molecular flexibility index (Phi) is 7.20. The fourth-order valence-electron chi connectivity index (χ4n) is 2.89. The normalized spacial score (nSPS) is 16.2. The Morgan fingerprint density at radius 2 is 1.77 bits per heavy atom. The Balaban J connectivity index is 1.62. The van der Waals surface area contributed by atoms with E-state index in [1.807, 2.05) is 0 Å². The maximum Gasteiger partial charge on any atom is 0.119 e. The first-order valence-electron chi connectivity index (χ1n) is 8.69. The van der Waals surface area contributed by atoms with Crippen LogP contribution in [-0.4, -0.2) is 44.4 Å². The van der Waals surface area contributed by atoms with Crippen LogP contribution in [-0.2, 0) is 4.74 Å². The van der Waals surface area contributed by atoms with E-state index in [-0.39, 0.29) is 0 Å². The van der Waals surface area contributed by atoms with Crippen LogP contribution >= 0.6 is 0 Å². The van der Waals surface area contributed by atoms with Gasteiger partial charge in [-0.25, -0.2) is 0 Å². The smallest absolute Gasteiger partial charge is 0.119 e. The fraction of sp³-hybridized carbons (Fsp3) is 0.684. The van der Waals surface area contributed by atoms with Crippen molar-refractivity contribution < 1.29 is 9.47 Å². The van der Waals surface area contributed by atoms with Crippen LogP contribution in [0.4, 0.5) is 0 Å². The van der Waals surface area contributed by atoms with Crippen molar-refractivity contribution in [2.45, 2.75) is 46.0 Å². The summed E-state index contributed by atoms with van der Waals surface area (Å²) in [5.74, 6) is 1.49. The summed E-state index contributed by atoms with van der Waals surface area (Å²) in [6.07, 6.45) is 4.07. The van der Waals surface area contributed by atoms with Crippen molar-refractivity contribution in [3.63, 3.8) is 0 Å². The van der Waals surface area contributed by atoms with Gasteiger partial charge >= 0.3 is 0 Å². The third kappa shape index (κ3) is 5.98. The molecule has 3 heteroatoms. The van der Waals surface area contributed by atoms with Crippen LogP contribution in [0.5, 0.6) is 5.75 Å². The lowest BCUT2D eigenvalue weighted by atomic mass is 10.0. The average molecular weight is 305 g/mol. The van der Waals surface area contributed by atoms with E-state index in [1.54, 1.807) is 0 Å². The van der Waals surface area contributed by atoms with Crippen LogP contribution in [0.3, 0.4) is 0 Å². The Morgan fingerprint density at radius 3 is 2.50 bits per heavy atom. The minimum atomic E-state index is 0.531. The maximum atomic E-state index is 5.83. The Labute approximate surface area is 135 Å². The zero-order chi connectivity index (χ0) is 15.8. The summed E-state index contributed by atoms with van der Waals surface area (Å²) in [6, 6.07) is 6.47. The topological polar surface area (TPSA) is 21.7 Å². The zero-order valence-corrected chi connectivity index (χ0v) is 14.4. The van der Waals surface area contributed by atoms with E-state index in [0.717, 1.165) is 18.9 Å². The van der Waals surface area contributed by atoms with Crippen molar-refractivity contribution in [1.82, 2.24) is 4.90 Å². The van der Waals surface area contributed by atoms with E-state index in [9.17, 15) is 0 Å². The van der Waals surface area contributed by atoms with E-state index in [0.29, 0.717) is 19.1 Å². The number of rotatable bonds is 8. The average Bonchev–Trinajstić information content (AvgIpc) is 2.51. The van der Waals surface area contributed by atoms with Gasteiger partial charge in [-0.15, -0.1) is 0 Å². The summed E-state index contributed by atoms with van der Waals surface area (Å²) in [5, 5.41) is 0. The molecule has 1 fully saturated rings. The molecule has 0 radical (unpaired) electrons. The van der Waals surface area contributed by atoms with Gasteiger partial charge in [-0.3, -0.25) is 0 Å². The molecule has 0 amide bonds. The number of hydrogen-bond acceptors (Lipinski definition) is 3. The van der Waals surface area contributed by atoms with E-state index in [4.69, 9.17) is 9.47 Å². The van der Waals surface area contributed by atoms with E-state index in [2.05, 4.69) is 43.9 Å². The molecule has 3 nitrogen and oxygen atoms in total. The first-order valence-corrected chi connectivity index (χ1v) is 8.69. The molecule has 2 rings (SSSR count). The summed E-state index contributed by atoms with van der Waals surface area (Å²) >= 11 is 0. The molecule has 0 spiro atoms. The maximum absolute atomic E-state index is 5.83. The standard InChI is InChI=1S/C19H31NO2/c1-16(2)18-13-17(3)14-19(15-18)22-12-11-21-10-9-20-7-5-4-6-8-20/h13-16H,4-12H2,1-3H3. The minimum absolute atomic E-state index is 0.531. The second kappa shape index (κ2) is 9.16. The lowest BCUT2D eigenvalue weighted by Gasteiger charge is -2.26. The van der Waals surface area contributed by atoms with Crippen LogP contribution in [0.1, 0.15) is 50.2 Å². The number of nitrogens with zero attached hydrogens (tertiary/aromatic N) is 1. The molecule has 0 saturated carbocycles. The minimum Gasteiger partial charge on any atom is -0.491 e. The third-order valence-electron chi connectivity index (χ3n) is 4.24. The molecule has 0 unspecified atom stereocenters. The van der Waals surface area contributed by atoms with Gasteiger partial charge in [-0.1, -0.05) is 26.3 Å². The second-order valence-electron chi connectivity index (χ2n) is 6.60. The molecule has 1 aliphatic heterocycles. The highest BCUT2D eigenvalue weighted by atomic mass is 16.5. The van der Waals surface area contributed by atoms with E-state index >= 15 is 0 Å². The number of ether oxygens (including phenoxy) is 2. The Morgan fingerprint density at radius 1 is 1.00 bits per heavy atom. The molecule has 124 valence electrons. The monoisotopic (exact) mass is 305 g/mol. The number of aryl methyl sites for hydroxylation is 1. The number of piperidine rings is 1. The molecule has 1 heterocycles. The highest BCUT2D eigenvalue weighted by Gasteiger charge is 2.09. The largest absolute Gasteiger partial charge is 0.491 e. The van der Waals surface area contributed by atoms with Gasteiger partial charge in [-0.2, -0.15) is 0 Å². The lowest BCUT2D eigenvalue weighted by molar-refractivity contribution is 0.0750. The highest BCUT2D eigenvalue weighted by Crippen LogP contribution is 2.22. The number of likely N-dealkylation sites (tertiary alicyclic amines) is 1. The molecule has 0 atom stereocenters. The predicted octanol–water partition coefficient (Wildman–Crippen LogP) is 4.00. The van der Waals surface area contributed by atoms with Crippen LogP contribution < -0.4 is 4.74 Å². The SMILES string of the molecule is Cc1cc(OCCOCCN2CCCCC2)cc(C(C)C)c1. The van der Waals surface area contributed by atoms with Gasteiger partial charge in [0.1, 0.15) is 12.4 Å². The quantitative estimate of drug-likeness (QED) is 0.678. The molecular weight excluding hydrogens is 274 g/mol. The van der Waals surface area contributed by atoms with Gasteiger partial charge in [0.15, 0.2) is 0 Å². The van der Waals surface area contributed by atoms with Crippen LogP contribution in [0.15, 0.2) is 18.2 Å². The highest BCUT2D eigenvalue weighted by molar-refractivity contribution is 5.35. The van der Waals surface area contributed by atoms with Crippen molar-refractivity contribution in [2.75, 3.05) is 39.5 Å². The van der Waals surface area contributed by atoms with E-state index < -0.39 is 0 Å². The third-order valence-corrected chi connectivity index (χ3v) is 4.24. The lowest BCUT2D eigenvalue weighted by Crippen LogP contribution is -2.32. The molecule has 22 heavy (non-hydrogen) atoms. The summed E-state index contributed by atoms with van der Waals surface area (Å²) in [6.45, 7) is 12.2. The van der Waals surface area contributed by atoms with E-state index in [1.165, 1.54) is 43.5 Å². The zero-order valence-electron chi connectivity index (χ0n) is 14.4. The molecule has 1 aromatic rings. The molecular formula is C19H31NO2. The van der Waals surface area contributed by atoms with Gasteiger partial charge < -0.3 is 14.4 Å². The number of hydrogen-bond donors (Lipinski definition) is 0. The Bertz CT molecular complexity index is 439. The van der Waals surface area contributed by atoms with Gasteiger partial charge in [-0.05, 0) is 62.0 Å². The van der Waals surface area contributed by atoms with Crippen molar-refractivity contribution in [3.8, 4) is 5.75 Å². The molecule has 1 aromatic carbocycles. The fourth-order valence-corrected chi connectivity index (χ4v) is 2.89. The van der Waals surface area contributed by atoms with Crippen LogP contribution in [0, 0.1) is 6.92 Å². The van der Waals surface area contributed by atoms with Crippen molar-refractivity contribution in [1.29, 1.82) is 0 Å². The first kappa shape index (κ1) is 17.3. The summed E-state index contributed by atoms with van der Waals surface area (Å²) < 4.78 is 11.5. The van der Waals surface area contributed by atoms with Crippen molar-refractivity contribution >= 4 is 0 Å². The first-order chi connectivity index (χ1) is 10.6. The predicted molar refractivity (Wildman–Crippen MR) is 91.9 cm³/mol. The molecule has 0 bridgehead atoms. The Hall–Kier alpha value is -1.06. The van der Waals surface area contributed by atoms with Crippen molar-refractivity contribution in [2.24, 2.45) is 0 Å². The number of benzene rings is 1. The van der Waals surface area contributed by atoms with Gasteiger partial charge in [0.2, 0.25) is 0 Å². The molecule has 0 aromatic heterocycles. The summed E-state index contributed by atoms with van der Waals surface area (Å²) in [4.78, 5) is 2.50. The van der Waals surface area contributed by atoms with Crippen LogP contribution in [0.2, 0.25) is 0 Å². The molecule has 1 aliphatic rings. The van der Waals surface area contributed by atoms with Crippen LogP contribution in [0.25, 0.3) is 0 Å². The summed E-state index contributed by atoms with van der Waals surface area (Å²) in [5.41, 5.74) is 2.59. The van der Waals surface area contributed by atoms with Gasteiger partial charge in [0.05, 0.1) is 13.2 Å². The summed E-state index contributed by atoms with van der Waals surface area (Å²) in [7, 11) is 0. The van der Waals surface area contributed by atoms with Gasteiger partial charge in [0, 0.05) is 6.54 Å². The second-order valence-corrected chi connectivity index (χ2v) is 6.60. The molecule has 0 aliphatic carbocycles. The molecule has 1 saturated heterocycles. The van der Waals surface area contributed by atoms with Gasteiger partial charge in [0.25, 0.3) is 0 Å².